The van der Waals surface area contributed by atoms with Crippen LogP contribution in [0.15, 0.2) is 91.1 Å². The summed E-state index contributed by atoms with van der Waals surface area (Å²) in [6, 6.07) is 31.1. The summed E-state index contributed by atoms with van der Waals surface area (Å²) in [5.41, 5.74) is 7.73. The van der Waals surface area contributed by atoms with Gasteiger partial charge in [0.15, 0.2) is 6.20 Å². The summed E-state index contributed by atoms with van der Waals surface area (Å²) < 4.78 is 4.77. The Morgan fingerprint density at radius 1 is 0.645 bits per heavy atom. The van der Waals surface area contributed by atoms with E-state index in [1.807, 2.05) is 0 Å². The van der Waals surface area contributed by atoms with Gasteiger partial charge in [-0.05, 0) is 35.4 Å². The molecule has 0 bridgehead atoms. The van der Waals surface area contributed by atoms with Gasteiger partial charge in [-0.25, -0.2) is 0 Å². The van der Waals surface area contributed by atoms with Gasteiger partial charge in [-0.15, -0.1) is 0 Å². The van der Waals surface area contributed by atoms with E-state index in [-0.39, 0.29) is 0 Å². The van der Waals surface area contributed by atoms with Crippen molar-refractivity contribution < 1.29 is 4.57 Å². The standard InChI is InChI=1S/C29H21N2/c1-18-16-19-8-3-4-9-20(19)17-25(18)28-29-24(14-15-30(28)2)23-12-7-11-22-21-10-5-6-13-26(21)31(29)27(22)23/h3-17H,1-2H3/q+1. The van der Waals surface area contributed by atoms with E-state index in [0.29, 0.717) is 0 Å². The summed E-state index contributed by atoms with van der Waals surface area (Å²) in [6.07, 6.45) is 2.20. The Morgan fingerprint density at radius 2 is 1.29 bits per heavy atom. The van der Waals surface area contributed by atoms with Crippen molar-refractivity contribution in [2.24, 2.45) is 7.05 Å². The number of hydrogen-bond acceptors (Lipinski definition) is 0. The van der Waals surface area contributed by atoms with Crippen LogP contribution < -0.4 is 4.57 Å². The Morgan fingerprint density at radius 3 is 2.13 bits per heavy atom. The quantitative estimate of drug-likeness (QED) is 0.270. The van der Waals surface area contributed by atoms with E-state index in [0.717, 1.165) is 0 Å². The maximum atomic E-state index is 2.49. The van der Waals surface area contributed by atoms with Crippen molar-refractivity contribution in [1.29, 1.82) is 0 Å². The molecule has 2 heteroatoms. The largest absolute Gasteiger partial charge is 0.302 e. The lowest BCUT2D eigenvalue weighted by Crippen LogP contribution is -2.31. The molecule has 31 heavy (non-hydrogen) atoms. The highest BCUT2D eigenvalue weighted by atomic mass is 15.0. The maximum Gasteiger partial charge on any atom is 0.237 e. The molecule has 0 saturated heterocycles. The summed E-state index contributed by atoms with van der Waals surface area (Å²) in [5, 5.41) is 7.84. The smallest absolute Gasteiger partial charge is 0.237 e. The van der Waals surface area contributed by atoms with Crippen molar-refractivity contribution in [3.63, 3.8) is 0 Å². The number of pyridine rings is 1. The Bertz CT molecular complexity index is 1800. The second kappa shape index (κ2) is 5.83. The van der Waals surface area contributed by atoms with Gasteiger partial charge in [-0.1, -0.05) is 66.7 Å². The fourth-order valence-electron chi connectivity index (χ4n) is 5.47. The highest BCUT2D eigenvalue weighted by Gasteiger charge is 2.25. The van der Waals surface area contributed by atoms with Gasteiger partial charge in [0.2, 0.25) is 5.69 Å². The molecule has 0 aliphatic carbocycles. The third kappa shape index (κ3) is 2.09. The predicted octanol–water partition coefficient (Wildman–Crippen LogP) is 6.79. The first-order chi connectivity index (χ1) is 15.2. The average molecular weight is 398 g/mol. The Hall–Kier alpha value is -3.91. The zero-order chi connectivity index (χ0) is 20.7. The van der Waals surface area contributed by atoms with E-state index >= 15 is 0 Å². The van der Waals surface area contributed by atoms with Crippen LogP contribution in [0.1, 0.15) is 5.56 Å². The predicted molar refractivity (Wildman–Crippen MR) is 130 cm³/mol. The van der Waals surface area contributed by atoms with Crippen molar-refractivity contribution in [3.05, 3.63) is 96.7 Å². The van der Waals surface area contributed by atoms with Gasteiger partial charge in [0.05, 0.1) is 16.6 Å². The number of hydrogen-bond donors (Lipinski definition) is 0. The molecule has 3 heterocycles. The Labute approximate surface area is 179 Å². The molecule has 0 aliphatic rings. The SMILES string of the molecule is Cc1cc2ccccc2cc1-c1c2c(cc[n+]1C)c1cccc3c4ccccc4n2c31. The van der Waals surface area contributed by atoms with Crippen LogP contribution in [0.3, 0.4) is 0 Å². The van der Waals surface area contributed by atoms with Crippen LogP contribution in [-0.2, 0) is 7.05 Å². The Balaban J connectivity index is 1.76. The number of benzene rings is 4. The average Bonchev–Trinajstić information content (AvgIpc) is 3.31. The highest BCUT2D eigenvalue weighted by Crippen LogP contribution is 2.41. The van der Waals surface area contributed by atoms with E-state index < -0.39 is 0 Å². The van der Waals surface area contributed by atoms with E-state index in [2.05, 4.69) is 114 Å². The van der Waals surface area contributed by atoms with Crippen molar-refractivity contribution in [2.45, 2.75) is 6.92 Å². The third-order valence-electron chi connectivity index (χ3n) is 6.85. The van der Waals surface area contributed by atoms with Gasteiger partial charge in [-0.3, -0.25) is 0 Å². The highest BCUT2D eigenvalue weighted by molar-refractivity contribution is 6.24. The number of rotatable bonds is 1. The monoisotopic (exact) mass is 397 g/mol. The van der Waals surface area contributed by atoms with Gasteiger partial charge in [0.25, 0.3) is 0 Å². The molecule has 3 aromatic heterocycles. The molecule has 7 rings (SSSR count). The van der Waals surface area contributed by atoms with Crippen LogP contribution in [0.5, 0.6) is 0 Å². The first kappa shape index (κ1) is 16.8. The van der Waals surface area contributed by atoms with Gasteiger partial charge in [-0.2, -0.15) is 4.57 Å². The molecule has 2 nitrogen and oxygen atoms in total. The number of nitrogens with zero attached hydrogens (tertiary/aromatic N) is 2. The molecule has 0 unspecified atom stereocenters. The minimum Gasteiger partial charge on any atom is -0.302 e. The number of aromatic nitrogens is 2. The molecule has 0 N–H and O–H groups in total. The lowest BCUT2D eigenvalue weighted by atomic mass is 9.97. The lowest BCUT2D eigenvalue weighted by molar-refractivity contribution is -0.659. The molecule has 0 aliphatic heterocycles. The summed E-state index contributed by atoms with van der Waals surface area (Å²) in [6.45, 7) is 2.23. The zero-order valence-electron chi connectivity index (χ0n) is 17.6. The minimum atomic E-state index is 1.26. The van der Waals surface area contributed by atoms with Crippen molar-refractivity contribution >= 4 is 48.9 Å². The molecule has 4 aromatic carbocycles. The summed E-state index contributed by atoms with van der Waals surface area (Å²) in [7, 11) is 2.16. The van der Waals surface area contributed by atoms with Crippen molar-refractivity contribution in [3.8, 4) is 11.3 Å². The fourth-order valence-corrected chi connectivity index (χ4v) is 5.47. The molecule has 146 valence electrons. The van der Waals surface area contributed by atoms with Crippen LogP contribution in [0.4, 0.5) is 0 Å². The first-order valence-corrected chi connectivity index (χ1v) is 10.8. The second-order valence-electron chi connectivity index (χ2n) is 8.61. The molecule has 0 fully saturated rings. The summed E-state index contributed by atoms with van der Waals surface area (Å²) in [5.74, 6) is 0. The number of fused-ring (bicyclic) bond motifs is 7. The van der Waals surface area contributed by atoms with Crippen LogP contribution in [-0.4, -0.2) is 4.40 Å². The van der Waals surface area contributed by atoms with E-state index in [9.17, 15) is 0 Å². The minimum absolute atomic E-state index is 1.26. The molecule has 0 spiro atoms. The molecule has 0 saturated carbocycles. The molecule has 7 aromatic rings. The van der Waals surface area contributed by atoms with Gasteiger partial charge < -0.3 is 4.40 Å². The van der Waals surface area contributed by atoms with Crippen molar-refractivity contribution in [2.75, 3.05) is 0 Å². The third-order valence-corrected chi connectivity index (χ3v) is 6.85. The van der Waals surface area contributed by atoms with Crippen LogP contribution in [0.2, 0.25) is 0 Å². The fraction of sp³-hybridized carbons (Fsp3) is 0.0690. The normalized spacial score (nSPS) is 12.2. The van der Waals surface area contributed by atoms with Crippen LogP contribution in [0.25, 0.3) is 60.1 Å². The van der Waals surface area contributed by atoms with Gasteiger partial charge in [0.1, 0.15) is 12.6 Å². The van der Waals surface area contributed by atoms with Crippen LogP contribution in [0, 0.1) is 6.92 Å². The van der Waals surface area contributed by atoms with Crippen molar-refractivity contribution in [1.82, 2.24) is 4.40 Å². The lowest BCUT2D eigenvalue weighted by Gasteiger charge is -2.09. The summed E-state index contributed by atoms with van der Waals surface area (Å²) >= 11 is 0. The molecule has 0 atom stereocenters. The molecule has 0 amide bonds. The number of para-hydroxylation sites is 2. The molecular weight excluding hydrogens is 376 g/mol. The second-order valence-corrected chi connectivity index (χ2v) is 8.61. The number of aryl methyl sites for hydroxylation is 2. The topological polar surface area (TPSA) is 8.29 Å². The van der Waals surface area contributed by atoms with E-state index in [1.54, 1.807) is 0 Å². The van der Waals surface area contributed by atoms with Gasteiger partial charge in [0, 0.05) is 27.6 Å². The molecule has 0 radical (unpaired) electrons. The summed E-state index contributed by atoms with van der Waals surface area (Å²) in [4.78, 5) is 0. The Kier molecular flexibility index (Phi) is 3.17. The van der Waals surface area contributed by atoms with E-state index in [1.165, 1.54) is 65.7 Å². The first-order valence-electron chi connectivity index (χ1n) is 10.8. The van der Waals surface area contributed by atoms with E-state index in [4.69, 9.17) is 0 Å². The zero-order valence-corrected chi connectivity index (χ0v) is 17.6. The van der Waals surface area contributed by atoms with Crippen LogP contribution >= 0.6 is 0 Å². The molecular formula is C29H21N2+. The van der Waals surface area contributed by atoms with Gasteiger partial charge >= 0.3 is 0 Å². The maximum absolute atomic E-state index is 2.49.